The largest absolute Gasteiger partial charge is 0.369 e. The molecule has 1 aromatic rings. The fourth-order valence-electron chi connectivity index (χ4n) is 1.23. The molecule has 0 saturated heterocycles. The van der Waals surface area contributed by atoms with Crippen molar-refractivity contribution in [3.8, 4) is 0 Å². The highest BCUT2D eigenvalue weighted by molar-refractivity contribution is 7.90. The van der Waals surface area contributed by atoms with E-state index >= 15 is 0 Å². The quantitative estimate of drug-likeness (QED) is 0.735. The first-order valence-corrected chi connectivity index (χ1v) is 8.00. The molecule has 0 aliphatic heterocycles. The van der Waals surface area contributed by atoms with E-state index in [0.29, 0.717) is 5.82 Å². The minimum atomic E-state index is -3.08. The highest BCUT2D eigenvalue weighted by atomic mass is 32.2. The van der Waals surface area contributed by atoms with E-state index in [1.165, 1.54) is 12.4 Å². The van der Waals surface area contributed by atoms with Gasteiger partial charge in [-0.2, -0.15) is 0 Å². The number of aromatic nitrogens is 2. The lowest BCUT2D eigenvalue weighted by Crippen LogP contribution is -2.29. The summed E-state index contributed by atoms with van der Waals surface area (Å²) in [5.74, 6) is 0.0789. The Balaban J connectivity index is 2.49. The molecule has 1 aromatic heterocycles. The van der Waals surface area contributed by atoms with Gasteiger partial charge in [-0.15, -0.1) is 0 Å². The molecule has 0 aliphatic carbocycles. The first-order chi connectivity index (χ1) is 8.92. The van der Waals surface area contributed by atoms with Gasteiger partial charge < -0.3 is 10.6 Å². The number of carbonyl (C=O) groups is 1. The Morgan fingerprint density at radius 3 is 2.53 bits per heavy atom. The van der Waals surface area contributed by atoms with Crippen LogP contribution in [0.15, 0.2) is 12.4 Å². The van der Waals surface area contributed by atoms with Crippen molar-refractivity contribution in [1.82, 2.24) is 15.3 Å². The molecule has 0 unspecified atom stereocenters. The van der Waals surface area contributed by atoms with Gasteiger partial charge in [0.1, 0.15) is 21.3 Å². The van der Waals surface area contributed by atoms with Crippen LogP contribution in [-0.4, -0.2) is 49.4 Å². The van der Waals surface area contributed by atoms with E-state index in [2.05, 4.69) is 20.6 Å². The van der Waals surface area contributed by atoms with Gasteiger partial charge in [-0.3, -0.25) is 4.79 Å². The minimum absolute atomic E-state index is 0.0647. The number of nitrogens with zero attached hydrogens (tertiary/aromatic N) is 2. The number of rotatable bonds is 7. The number of hydrogen-bond donors (Lipinski definition) is 2. The molecule has 1 amide bonds. The third-order valence-electron chi connectivity index (χ3n) is 2.20. The molecule has 2 N–H and O–H groups in total. The number of amides is 1. The summed E-state index contributed by atoms with van der Waals surface area (Å²) in [6, 6.07) is 0. The van der Waals surface area contributed by atoms with Crippen LogP contribution in [0.2, 0.25) is 0 Å². The van der Waals surface area contributed by atoms with E-state index in [0.717, 1.165) is 19.2 Å². The predicted octanol–water partition coefficient (Wildman–Crippen LogP) is 0.0729. The zero-order valence-electron chi connectivity index (χ0n) is 11.0. The molecule has 19 heavy (non-hydrogen) atoms. The lowest BCUT2D eigenvalue weighted by Gasteiger charge is -2.05. The van der Waals surface area contributed by atoms with Gasteiger partial charge in [0.2, 0.25) is 0 Å². The van der Waals surface area contributed by atoms with E-state index < -0.39 is 15.7 Å². The van der Waals surface area contributed by atoms with Gasteiger partial charge in [0.25, 0.3) is 5.91 Å². The van der Waals surface area contributed by atoms with Gasteiger partial charge in [0.15, 0.2) is 0 Å². The van der Waals surface area contributed by atoms with Crippen LogP contribution in [-0.2, 0) is 9.84 Å². The Labute approximate surface area is 112 Å². The summed E-state index contributed by atoms with van der Waals surface area (Å²) in [6.45, 7) is 2.88. The fraction of sp³-hybridized carbons (Fsp3) is 0.545. The molecule has 1 rings (SSSR count). The first kappa shape index (κ1) is 15.4. The summed E-state index contributed by atoms with van der Waals surface area (Å²) in [4.78, 5) is 19.6. The average molecular weight is 286 g/mol. The van der Waals surface area contributed by atoms with Crippen LogP contribution in [0.3, 0.4) is 0 Å². The number of sulfone groups is 1. The van der Waals surface area contributed by atoms with Crippen molar-refractivity contribution in [2.75, 3.05) is 30.4 Å². The standard InChI is InChI=1S/C11H18N4O3S/c1-3-4-12-10-8-14-9(7-15-10)11(16)13-5-6-19(2,17)18/h7-8H,3-6H2,1-2H3,(H,12,15)(H,13,16). The molecule has 0 aromatic carbocycles. The summed E-state index contributed by atoms with van der Waals surface area (Å²) in [5, 5.41) is 5.52. The monoisotopic (exact) mass is 286 g/mol. The summed E-state index contributed by atoms with van der Waals surface area (Å²) in [7, 11) is -3.08. The summed E-state index contributed by atoms with van der Waals surface area (Å²) >= 11 is 0. The number of anilines is 1. The van der Waals surface area contributed by atoms with Crippen molar-refractivity contribution >= 4 is 21.6 Å². The topological polar surface area (TPSA) is 101 Å². The van der Waals surface area contributed by atoms with Crippen molar-refractivity contribution in [3.05, 3.63) is 18.1 Å². The maximum absolute atomic E-state index is 11.6. The van der Waals surface area contributed by atoms with Gasteiger partial charge in [-0.25, -0.2) is 18.4 Å². The number of carbonyl (C=O) groups excluding carboxylic acids is 1. The van der Waals surface area contributed by atoms with Crippen LogP contribution in [0.1, 0.15) is 23.8 Å². The van der Waals surface area contributed by atoms with Gasteiger partial charge >= 0.3 is 0 Å². The Kier molecular flexibility index (Phi) is 5.68. The molecule has 8 heteroatoms. The van der Waals surface area contributed by atoms with E-state index in [1.54, 1.807) is 0 Å². The zero-order valence-corrected chi connectivity index (χ0v) is 11.8. The second-order valence-electron chi connectivity index (χ2n) is 4.10. The first-order valence-electron chi connectivity index (χ1n) is 5.94. The maximum Gasteiger partial charge on any atom is 0.271 e. The van der Waals surface area contributed by atoms with Crippen LogP contribution < -0.4 is 10.6 Å². The van der Waals surface area contributed by atoms with Crippen molar-refractivity contribution in [2.45, 2.75) is 13.3 Å². The molecule has 0 saturated carbocycles. The Bertz CT molecular complexity index is 513. The van der Waals surface area contributed by atoms with Crippen LogP contribution in [0.25, 0.3) is 0 Å². The van der Waals surface area contributed by atoms with Crippen LogP contribution in [0.4, 0.5) is 5.82 Å². The molecule has 1 heterocycles. The third kappa shape index (κ3) is 6.14. The van der Waals surface area contributed by atoms with Crippen LogP contribution >= 0.6 is 0 Å². The van der Waals surface area contributed by atoms with Crippen molar-refractivity contribution in [3.63, 3.8) is 0 Å². The Hall–Kier alpha value is -1.70. The molecular weight excluding hydrogens is 268 g/mol. The molecule has 0 bridgehead atoms. The summed E-state index contributed by atoms with van der Waals surface area (Å²) in [6.07, 6.45) is 4.91. The third-order valence-corrected chi connectivity index (χ3v) is 3.14. The smallest absolute Gasteiger partial charge is 0.271 e. The van der Waals surface area contributed by atoms with Gasteiger partial charge in [0.05, 0.1) is 18.1 Å². The Morgan fingerprint density at radius 2 is 2.00 bits per heavy atom. The van der Waals surface area contributed by atoms with Crippen molar-refractivity contribution in [1.29, 1.82) is 0 Å². The second kappa shape index (κ2) is 7.03. The van der Waals surface area contributed by atoms with Gasteiger partial charge in [-0.05, 0) is 6.42 Å². The van der Waals surface area contributed by atoms with Crippen molar-refractivity contribution in [2.24, 2.45) is 0 Å². The average Bonchev–Trinajstić information content (AvgIpc) is 2.35. The maximum atomic E-state index is 11.6. The molecule has 7 nitrogen and oxygen atoms in total. The molecule has 0 fully saturated rings. The highest BCUT2D eigenvalue weighted by Gasteiger charge is 2.09. The van der Waals surface area contributed by atoms with Crippen molar-refractivity contribution < 1.29 is 13.2 Å². The molecular formula is C11H18N4O3S. The van der Waals surface area contributed by atoms with Crippen LogP contribution in [0, 0.1) is 0 Å². The number of hydrogen-bond acceptors (Lipinski definition) is 6. The fourth-order valence-corrected chi connectivity index (χ4v) is 1.70. The lowest BCUT2D eigenvalue weighted by atomic mass is 10.4. The van der Waals surface area contributed by atoms with E-state index in [1.807, 2.05) is 6.92 Å². The molecule has 0 radical (unpaired) electrons. The van der Waals surface area contributed by atoms with E-state index in [9.17, 15) is 13.2 Å². The highest BCUT2D eigenvalue weighted by Crippen LogP contribution is 2.01. The normalized spacial score (nSPS) is 11.1. The van der Waals surface area contributed by atoms with Crippen LogP contribution in [0.5, 0.6) is 0 Å². The summed E-state index contributed by atoms with van der Waals surface area (Å²) in [5.41, 5.74) is 0.163. The lowest BCUT2D eigenvalue weighted by molar-refractivity contribution is 0.0951. The van der Waals surface area contributed by atoms with E-state index in [4.69, 9.17) is 0 Å². The predicted molar refractivity (Wildman–Crippen MR) is 72.9 cm³/mol. The van der Waals surface area contributed by atoms with Gasteiger partial charge in [0, 0.05) is 19.3 Å². The molecule has 0 spiro atoms. The second-order valence-corrected chi connectivity index (χ2v) is 6.36. The number of nitrogens with one attached hydrogen (secondary N) is 2. The molecule has 0 atom stereocenters. The SMILES string of the molecule is CCCNc1cnc(C(=O)NCCS(C)(=O)=O)cn1. The molecule has 106 valence electrons. The minimum Gasteiger partial charge on any atom is -0.369 e. The Morgan fingerprint density at radius 1 is 1.26 bits per heavy atom. The van der Waals surface area contributed by atoms with E-state index in [-0.39, 0.29) is 18.0 Å². The molecule has 0 aliphatic rings. The van der Waals surface area contributed by atoms with Gasteiger partial charge in [-0.1, -0.05) is 6.92 Å². The summed E-state index contributed by atoms with van der Waals surface area (Å²) < 4.78 is 21.8. The zero-order chi connectivity index (χ0) is 14.3.